The predicted molar refractivity (Wildman–Crippen MR) is 40.7 cm³/mol. The van der Waals surface area contributed by atoms with Crippen molar-refractivity contribution in [2.75, 3.05) is 0 Å². The van der Waals surface area contributed by atoms with E-state index in [0.717, 1.165) is 12.1 Å². The van der Waals surface area contributed by atoms with Crippen LogP contribution < -0.4 is 0 Å². The predicted octanol–water partition coefficient (Wildman–Crippen LogP) is 2.43. The van der Waals surface area contributed by atoms with Gasteiger partial charge in [-0.2, -0.15) is 0 Å². The van der Waals surface area contributed by atoms with Gasteiger partial charge in [0.2, 0.25) is 0 Å². The minimum Gasteiger partial charge on any atom is -0.411 e. The molecule has 12 heavy (non-hydrogen) atoms. The smallest absolute Gasteiger partial charge is 0.136 e. The van der Waals surface area contributed by atoms with Gasteiger partial charge in [-0.15, -0.1) is 0 Å². The summed E-state index contributed by atoms with van der Waals surface area (Å²) >= 11 is 5.34. The first-order valence-corrected chi connectivity index (χ1v) is 3.35. The standard InChI is InChI=1S/C7H4ClF2NO/c8-4-1-6(9)5(3-11-12)7(10)2-4/h1-3,12H/b11-3-. The molecule has 0 bridgehead atoms. The molecule has 64 valence electrons. The van der Waals surface area contributed by atoms with Gasteiger partial charge in [0.15, 0.2) is 0 Å². The zero-order valence-corrected chi connectivity index (χ0v) is 6.52. The van der Waals surface area contributed by atoms with Gasteiger partial charge < -0.3 is 5.21 Å². The Morgan fingerprint density at radius 2 is 1.83 bits per heavy atom. The summed E-state index contributed by atoms with van der Waals surface area (Å²) in [6, 6.07) is 1.86. The summed E-state index contributed by atoms with van der Waals surface area (Å²) in [5, 5.41) is 10.5. The molecule has 0 aliphatic rings. The molecule has 0 fully saturated rings. The van der Waals surface area contributed by atoms with Crippen molar-refractivity contribution in [3.05, 3.63) is 34.4 Å². The first-order valence-electron chi connectivity index (χ1n) is 2.97. The van der Waals surface area contributed by atoms with Gasteiger partial charge in [-0.05, 0) is 12.1 Å². The number of rotatable bonds is 1. The van der Waals surface area contributed by atoms with E-state index in [0.29, 0.717) is 6.21 Å². The summed E-state index contributed by atoms with van der Waals surface area (Å²) in [6.45, 7) is 0. The minimum atomic E-state index is -0.863. The lowest BCUT2D eigenvalue weighted by Crippen LogP contribution is -1.93. The van der Waals surface area contributed by atoms with E-state index in [4.69, 9.17) is 16.8 Å². The van der Waals surface area contributed by atoms with Crippen LogP contribution in [0.4, 0.5) is 8.78 Å². The van der Waals surface area contributed by atoms with Crippen LogP contribution in [0, 0.1) is 11.6 Å². The highest BCUT2D eigenvalue weighted by molar-refractivity contribution is 6.30. The third-order valence-electron chi connectivity index (χ3n) is 1.23. The summed E-state index contributed by atoms with van der Waals surface area (Å²) in [6.07, 6.45) is 0.668. The van der Waals surface area contributed by atoms with Crippen LogP contribution in [0.5, 0.6) is 0 Å². The monoisotopic (exact) mass is 191 g/mol. The highest BCUT2D eigenvalue weighted by Gasteiger charge is 2.07. The molecule has 1 aromatic carbocycles. The Morgan fingerprint density at radius 1 is 1.33 bits per heavy atom. The molecule has 0 unspecified atom stereocenters. The lowest BCUT2D eigenvalue weighted by atomic mass is 10.2. The third-order valence-corrected chi connectivity index (χ3v) is 1.45. The van der Waals surface area contributed by atoms with E-state index in [-0.39, 0.29) is 5.02 Å². The second-order valence-corrected chi connectivity index (χ2v) is 2.46. The second kappa shape index (κ2) is 3.49. The van der Waals surface area contributed by atoms with Crippen molar-refractivity contribution in [2.45, 2.75) is 0 Å². The van der Waals surface area contributed by atoms with Gasteiger partial charge >= 0.3 is 0 Å². The van der Waals surface area contributed by atoms with Gasteiger partial charge in [0.25, 0.3) is 0 Å². The molecule has 5 heteroatoms. The number of nitrogens with zero attached hydrogens (tertiary/aromatic N) is 1. The van der Waals surface area contributed by atoms with Crippen molar-refractivity contribution in [1.82, 2.24) is 0 Å². The first-order chi connectivity index (χ1) is 5.65. The molecule has 0 atom stereocenters. The number of oxime groups is 1. The zero-order valence-electron chi connectivity index (χ0n) is 5.76. The van der Waals surface area contributed by atoms with E-state index in [1.54, 1.807) is 0 Å². The van der Waals surface area contributed by atoms with Crippen molar-refractivity contribution in [2.24, 2.45) is 5.16 Å². The molecular formula is C7H4ClF2NO. The molecule has 0 spiro atoms. The van der Waals surface area contributed by atoms with E-state index >= 15 is 0 Å². The van der Waals surface area contributed by atoms with Crippen LogP contribution in [-0.2, 0) is 0 Å². The van der Waals surface area contributed by atoms with Gasteiger partial charge in [-0.3, -0.25) is 0 Å². The fraction of sp³-hybridized carbons (Fsp3) is 0. The highest BCUT2D eigenvalue weighted by Crippen LogP contribution is 2.17. The summed E-state index contributed by atoms with van der Waals surface area (Å²) < 4.78 is 25.5. The molecular weight excluding hydrogens is 188 g/mol. The van der Waals surface area contributed by atoms with Gasteiger partial charge in [0.05, 0.1) is 11.8 Å². The van der Waals surface area contributed by atoms with E-state index in [1.807, 2.05) is 0 Å². The molecule has 0 amide bonds. The van der Waals surface area contributed by atoms with Crippen molar-refractivity contribution >= 4 is 17.8 Å². The molecule has 1 aromatic rings. The van der Waals surface area contributed by atoms with Crippen molar-refractivity contribution < 1.29 is 14.0 Å². The third kappa shape index (κ3) is 1.71. The summed E-state index contributed by atoms with van der Waals surface area (Å²) in [5.74, 6) is -1.73. The average Bonchev–Trinajstić information content (AvgIpc) is 1.96. The second-order valence-electron chi connectivity index (χ2n) is 2.03. The Labute approximate surface area is 72.1 Å². The van der Waals surface area contributed by atoms with Gasteiger partial charge in [-0.25, -0.2) is 8.78 Å². The first kappa shape index (κ1) is 8.93. The maximum Gasteiger partial charge on any atom is 0.136 e. The maximum absolute atomic E-state index is 12.8. The highest BCUT2D eigenvalue weighted by atomic mass is 35.5. The normalized spacial score (nSPS) is 10.9. The molecule has 0 radical (unpaired) electrons. The molecule has 0 aliphatic heterocycles. The van der Waals surface area contributed by atoms with E-state index in [2.05, 4.69) is 5.16 Å². The van der Waals surface area contributed by atoms with Gasteiger partial charge in [-0.1, -0.05) is 16.8 Å². The van der Waals surface area contributed by atoms with Gasteiger partial charge in [0.1, 0.15) is 11.6 Å². The maximum atomic E-state index is 12.8. The summed E-state index contributed by atoms with van der Waals surface area (Å²) in [5.41, 5.74) is -0.415. The van der Waals surface area contributed by atoms with E-state index in [9.17, 15) is 8.78 Å². The van der Waals surface area contributed by atoms with Crippen molar-refractivity contribution in [3.63, 3.8) is 0 Å². The van der Waals surface area contributed by atoms with Crippen LogP contribution in [0.25, 0.3) is 0 Å². The van der Waals surface area contributed by atoms with Crippen LogP contribution >= 0.6 is 11.6 Å². The fourth-order valence-electron chi connectivity index (χ4n) is 0.734. The number of halogens is 3. The molecule has 0 aromatic heterocycles. The largest absolute Gasteiger partial charge is 0.411 e. The number of hydrogen-bond acceptors (Lipinski definition) is 2. The Morgan fingerprint density at radius 3 is 2.25 bits per heavy atom. The Bertz CT molecular complexity index is 304. The summed E-state index contributed by atoms with van der Waals surface area (Å²) in [4.78, 5) is 0. The fourth-order valence-corrected chi connectivity index (χ4v) is 0.926. The molecule has 0 heterocycles. The van der Waals surface area contributed by atoms with E-state index in [1.165, 1.54) is 0 Å². The zero-order chi connectivity index (χ0) is 9.14. The number of hydrogen-bond donors (Lipinski definition) is 1. The van der Waals surface area contributed by atoms with E-state index < -0.39 is 17.2 Å². The Kier molecular flexibility index (Phi) is 2.60. The quantitative estimate of drug-likeness (QED) is 0.413. The molecule has 1 N–H and O–H groups in total. The Balaban J connectivity index is 3.28. The SMILES string of the molecule is O/N=C\c1c(F)cc(Cl)cc1F. The molecule has 0 aliphatic carbocycles. The van der Waals surface area contributed by atoms with Crippen LogP contribution in [0.2, 0.25) is 5.02 Å². The number of benzene rings is 1. The summed E-state index contributed by atoms with van der Waals surface area (Å²) in [7, 11) is 0. The van der Waals surface area contributed by atoms with Crippen LogP contribution in [-0.4, -0.2) is 11.4 Å². The molecule has 2 nitrogen and oxygen atoms in total. The van der Waals surface area contributed by atoms with Gasteiger partial charge in [0, 0.05) is 5.02 Å². The lowest BCUT2D eigenvalue weighted by Gasteiger charge is -1.97. The van der Waals surface area contributed by atoms with Crippen molar-refractivity contribution in [1.29, 1.82) is 0 Å². The lowest BCUT2D eigenvalue weighted by molar-refractivity contribution is 0.321. The molecule has 1 rings (SSSR count). The minimum absolute atomic E-state index is 0.0416. The Hall–Kier alpha value is -1.16. The average molecular weight is 192 g/mol. The van der Waals surface area contributed by atoms with Crippen LogP contribution in [0.3, 0.4) is 0 Å². The topological polar surface area (TPSA) is 32.6 Å². The molecule has 0 saturated carbocycles. The van der Waals surface area contributed by atoms with Crippen molar-refractivity contribution in [3.8, 4) is 0 Å². The van der Waals surface area contributed by atoms with Crippen LogP contribution in [0.15, 0.2) is 17.3 Å². The molecule has 0 saturated heterocycles. The van der Waals surface area contributed by atoms with Crippen LogP contribution in [0.1, 0.15) is 5.56 Å².